The number of hydrogen-bond donors (Lipinski definition) is 3. The molecule has 0 fully saturated rings. The molecule has 1 aromatic carbocycles. The quantitative estimate of drug-likeness (QED) is 0.498. The van der Waals surface area contributed by atoms with Gasteiger partial charge in [-0.25, -0.2) is 13.2 Å². The summed E-state index contributed by atoms with van der Waals surface area (Å²) in [7, 11) is 1.67. The van der Waals surface area contributed by atoms with Crippen LogP contribution >= 0.6 is 0 Å². The predicted molar refractivity (Wildman–Crippen MR) is 94.6 cm³/mol. The van der Waals surface area contributed by atoms with Crippen molar-refractivity contribution >= 4 is 10.9 Å². The van der Waals surface area contributed by atoms with Crippen molar-refractivity contribution in [3.05, 3.63) is 53.7 Å². The Morgan fingerprint density at radius 1 is 1.19 bits per heavy atom. The Bertz CT molecular complexity index is 1090. The summed E-state index contributed by atoms with van der Waals surface area (Å²) in [6.45, 7) is 0.287. The summed E-state index contributed by atoms with van der Waals surface area (Å²) >= 11 is 0. The number of hydrogen-bond acceptors (Lipinski definition) is 4. The molecular weight excluding hydrogens is 357 g/mol. The van der Waals surface area contributed by atoms with Crippen molar-refractivity contribution < 1.29 is 13.2 Å². The molecule has 3 N–H and O–H groups in total. The first kappa shape index (κ1) is 17.2. The van der Waals surface area contributed by atoms with Crippen LogP contribution in [0.15, 0.2) is 36.8 Å². The van der Waals surface area contributed by atoms with Crippen molar-refractivity contribution in [3.8, 4) is 22.5 Å². The normalized spacial score (nSPS) is 11.6. The van der Waals surface area contributed by atoms with E-state index >= 15 is 0 Å². The summed E-state index contributed by atoms with van der Waals surface area (Å²) in [6.07, 6.45) is 1.87. The topological polar surface area (TPSA) is 82.3 Å². The van der Waals surface area contributed by atoms with Crippen molar-refractivity contribution in [2.75, 3.05) is 7.05 Å². The minimum atomic E-state index is -2.83. The second-order valence-corrected chi connectivity index (χ2v) is 6.05. The minimum Gasteiger partial charge on any atom is -0.316 e. The third kappa shape index (κ3) is 3.06. The van der Waals surface area contributed by atoms with Gasteiger partial charge in [0.2, 0.25) is 0 Å². The fourth-order valence-corrected chi connectivity index (χ4v) is 3.09. The monoisotopic (exact) mass is 372 g/mol. The fraction of sp³-hybridized carbons (Fsp3) is 0.167. The standard InChI is InChI=1S/C18H15F3N6/c1-22-5-9-2-12(18(20)21)16(13(19)3-9)14-4-11-15(8-23-14)26-27-17(11)10-6-24-25-7-10/h2-4,6-8,18,22H,5H2,1H3,(H,24,25)(H,26,27). The highest BCUT2D eigenvalue weighted by Crippen LogP contribution is 2.36. The van der Waals surface area contributed by atoms with Gasteiger partial charge in [-0.2, -0.15) is 10.2 Å². The smallest absolute Gasteiger partial charge is 0.264 e. The molecule has 3 aromatic heterocycles. The van der Waals surface area contributed by atoms with Crippen LogP contribution in [0.25, 0.3) is 33.4 Å². The number of pyridine rings is 1. The number of fused-ring (bicyclic) bond motifs is 1. The molecule has 0 saturated carbocycles. The molecule has 0 aliphatic carbocycles. The second kappa shape index (κ2) is 6.84. The maximum absolute atomic E-state index is 14.7. The van der Waals surface area contributed by atoms with Crippen LogP contribution in [-0.4, -0.2) is 32.4 Å². The zero-order chi connectivity index (χ0) is 19.0. The molecule has 0 spiro atoms. The van der Waals surface area contributed by atoms with Crippen molar-refractivity contribution in [3.63, 3.8) is 0 Å². The van der Waals surface area contributed by atoms with Gasteiger partial charge in [0.1, 0.15) is 11.5 Å². The highest BCUT2D eigenvalue weighted by atomic mass is 19.3. The number of halogens is 3. The predicted octanol–water partition coefficient (Wildman–Crippen LogP) is 3.81. The van der Waals surface area contributed by atoms with Gasteiger partial charge >= 0.3 is 0 Å². The molecule has 0 unspecified atom stereocenters. The van der Waals surface area contributed by atoms with E-state index in [9.17, 15) is 13.2 Å². The second-order valence-electron chi connectivity index (χ2n) is 6.05. The van der Waals surface area contributed by atoms with Gasteiger partial charge in [-0.1, -0.05) is 0 Å². The molecule has 4 rings (SSSR count). The number of rotatable bonds is 5. The number of nitrogens with one attached hydrogen (secondary N) is 3. The molecule has 4 aromatic rings. The van der Waals surface area contributed by atoms with Crippen molar-refractivity contribution in [1.82, 2.24) is 30.7 Å². The van der Waals surface area contributed by atoms with E-state index in [1.807, 2.05) is 0 Å². The third-order valence-electron chi connectivity index (χ3n) is 4.27. The summed E-state index contributed by atoms with van der Waals surface area (Å²) < 4.78 is 42.0. The Kier molecular flexibility index (Phi) is 4.36. The number of alkyl halides is 2. The minimum absolute atomic E-state index is 0.123. The lowest BCUT2D eigenvalue weighted by Crippen LogP contribution is -2.07. The van der Waals surface area contributed by atoms with Gasteiger partial charge < -0.3 is 5.32 Å². The zero-order valence-electron chi connectivity index (χ0n) is 14.2. The van der Waals surface area contributed by atoms with E-state index < -0.39 is 12.2 Å². The number of aromatic nitrogens is 5. The van der Waals surface area contributed by atoms with Crippen LogP contribution in [0.2, 0.25) is 0 Å². The van der Waals surface area contributed by atoms with Gasteiger partial charge in [0, 0.05) is 34.8 Å². The van der Waals surface area contributed by atoms with E-state index in [0.29, 0.717) is 22.2 Å². The SMILES string of the molecule is CNCc1cc(F)c(-c2cc3c(-c4cn[nH]c4)n[nH]c3cn2)c(C(F)F)c1. The highest BCUT2D eigenvalue weighted by molar-refractivity contribution is 5.94. The molecule has 0 bridgehead atoms. The number of aromatic amines is 2. The van der Waals surface area contributed by atoms with Gasteiger partial charge in [-0.3, -0.25) is 15.2 Å². The van der Waals surface area contributed by atoms with Gasteiger partial charge in [0.15, 0.2) is 0 Å². The molecule has 138 valence electrons. The fourth-order valence-electron chi connectivity index (χ4n) is 3.09. The first-order chi connectivity index (χ1) is 13.1. The van der Waals surface area contributed by atoms with Crippen LogP contribution in [0, 0.1) is 5.82 Å². The Morgan fingerprint density at radius 2 is 2.04 bits per heavy atom. The Morgan fingerprint density at radius 3 is 2.74 bits per heavy atom. The van der Waals surface area contributed by atoms with E-state index in [1.165, 1.54) is 18.3 Å². The van der Waals surface area contributed by atoms with Crippen molar-refractivity contribution in [1.29, 1.82) is 0 Å². The zero-order valence-corrected chi connectivity index (χ0v) is 14.2. The largest absolute Gasteiger partial charge is 0.316 e. The number of benzene rings is 1. The Hall–Kier alpha value is -3.20. The number of nitrogens with zero attached hydrogens (tertiary/aromatic N) is 3. The van der Waals surface area contributed by atoms with Crippen LogP contribution in [0.5, 0.6) is 0 Å². The van der Waals surface area contributed by atoms with Crippen molar-refractivity contribution in [2.45, 2.75) is 13.0 Å². The average molecular weight is 372 g/mol. The summed E-state index contributed by atoms with van der Waals surface area (Å²) in [4.78, 5) is 4.17. The van der Waals surface area contributed by atoms with E-state index in [0.717, 1.165) is 5.56 Å². The van der Waals surface area contributed by atoms with Gasteiger partial charge in [-0.15, -0.1) is 0 Å². The molecule has 0 atom stereocenters. The van der Waals surface area contributed by atoms with E-state index in [4.69, 9.17) is 0 Å². The van der Waals surface area contributed by atoms with Gasteiger partial charge in [-0.05, 0) is 30.8 Å². The van der Waals surface area contributed by atoms with E-state index in [1.54, 1.807) is 25.5 Å². The lowest BCUT2D eigenvalue weighted by atomic mass is 9.99. The summed E-state index contributed by atoms with van der Waals surface area (Å²) in [6, 6.07) is 4.11. The first-order valence-corrected chi connectivity index (χ1v) is 8.17. The van der Waals surface area contributed by atoms with Crippen LogP contribution in [0.3, 0.4) is 0 Å². The maximum Gasteiger partial charge on any atom is 0.264 e. The summed E-state index contributed by atoms with van der Waals surface area (Å²) in [5.74, 6) is -0.738. The molecule has 0 amide bonds. The maximum atomic E-state index is 14.7. The molecule has 0 aliphatic rings. The van der Waals surface area contributed by atoms with Crippen molar-refractivity contribution in [2.24, 2.45) is 0 Å². The molecular formula is C18H15F3N6. The summed E-state index contributed by atoms with van der Waals surface area (Å²) in [5.41, 5.74) is 1.88. The van der Waals surface area contributed by atoms with E-state index in [-0.39, 0.29) is 23.4 Å². The molecule has 0 saturated heterocycles. The van der Waals surface area contributed by atoms with Crippen LogP contribution in [-0.2, 0) is 6.54 Å². The van der Waals surface area contributed by atoms with Crippen LogP contribution in [0.1, 0.15) is 17.6 Å². The van der Waals surface area contributed by atoms with E-state index in [2.05, 4.69) is 30.7 Å². The molecule has 9 heteroatoms. The third-order valence-corrected chi connectivity index (χ3v) is 4.27. The molecule has 3 heterocycles. The first-order valence-electron chi connectivity index (χ1n) is 8.17. The molecule has 27 heavy (non-hydrogen) atoms. The Balaban J connectivity index is 1.90. The van der Waals surface area contributed by atoms with Gasteiger partial charge in [0.05, 0.1) is 23.6 Å². The number of H-pyrrole nitrogens is 2. The summed E-state index contributed by atoms with van der Waals surface area (Å²) in [5, 5.41) is 17.1. The molecule has 0 aliphatic heterocycles. The lowest BCUT2D eigenvalue weighted by molar-refractivity contribution is 0.151. The lowest BCUT2D eigenvalue weighted by Gasteiger charge is -2.13. The van der Waals surface area contributed by atoms with Crippen LogP contribution in [0.4, 0.5) is 13.2 Å². The molecule has 0 radical (unpaired) electrons. The highest BCUT2D eigenvalue weighted by Gasteiger charge is 2.22. The van der Waals surface area contributed by atoms with Gasteiger partial charge in [0.25, 0.3) is 6.43 Å². The van der Waals surface area contributed by atoms with Crippen LogP contribution < -0.4 is 5.32 Å². The average Bonchev–Trinajstić information content (AvgIpc) is 3.30. The molecule has 6 nitrogen and oxygen atoms in total. The Labute approximate surface area is 151 Å².